The largest absolute Gasteiger partial charge is 0.375 e. The number of nitrogens with zero attached hydrogens (tertiary/aromatic N) is 4. The summed E-state index contributed by atoms with van der Waals surface area (Å²) in [6, 6.07) is 3.72. The van der Waals surface area contributed by atoms with E-state index in [1.54, 1.807) is 23.4 Å². The van der Waals surface area contributed by atoms with Crippen molar-refractivity contribution in [2.45, 2.75) is 13.0 Å². The molecular weight excluding hydrogens is 373 g/mol. The van der Waals surface area contributed by atoms with Gasteiger partial charge in [0.25, 0.3) is 5.91 Å². The SMILES string of the molecule is CN(C)c1cnc(C(=O)N2CCc3[nH]c4c(Cl)c(Cl)ccc4c3C2)nc1. The second-order valence-electron chi connectivity index (χ2n) is 6.50. The number of H-pyrrole nitrogens is 1. The number of aromatic amines is 1. The molecule has 0 saturated heterocycles. The molecule has 0 bridgehead atoms. The molecule has 1 N–H and O–H groups in total. The highest BCUT2D eigenvalue weighted by Gasteiger charge is 2.27. The van der Waals surface area contributed by atoms with E-state index in [-0.39, 0.29) is 11.7 Å². The Bertz CT molecular complexity index is 997. The molecule has 6 nitrogen and oxygen atoms in total. The number of amides is 1. The van der Waals surface area contributed by atoms with Gasteiger partial charge in [0, 0.05) is 50.2 Å². The maximum Gasteiger partial charge on any atom is 0.291 e. The molecule has 3 aromatic rings. The fourth-order valence-electron chi connectivity index (χ4n) is 3.20. The third kappa shape index (κ3) is 2.79. The standard InChI is InChI=1S/C18H17Cl2N5O/c1-24(2)10-7-21-17(22-8-10)18(26)25-6-5-14-12(9-25)11-3-4-13(19)15(20)16(11)23-14/h3-4,7-8,23H,5-6,9H2,1-2H3. The lowest BCUT2D eigenvalue weighted by atomic mass is 10.0. The van der Waals surface area contributed by atoms with Crippen LogP contribution in [0.15, 0.2) is 24.5 Å². The van der Waals surface area contributed by atoms with Gasteiger partial charge in [0.05, 0.1) is 33.6 Å². The summed E-state index contributed by atoms with van der Waals surface area (Å²) in [6.45, 7) is 1.09. The molecule has 2 aromatic heterocycles. The molecule has 0 radical (unpaired) electrons. The van der Waals surface area contributed by atoms with Crippen LogP contribution < -0.4 is 4.90 Å². The number of nitrogens with one attached hydrogen (secondary N) is 1. The monoisotopic (exact) mass is 389 g/mol. The first-order valence-corrected chi connectivity index (χ1v) is 8.97. The van der Waals surface area contributed by atoms with Gasteiger partial charge < -0.3 is 14.8 Å². The number of rotatable bonds is 2. The van der Waals surface area contributed by atoms with Gasteiger partial charge in [-0.1, -0.05) is 29.3 Å². The number of benzene rings is 1. The van der Waals surface area contributed by atoms with E-state index in [2.05, 4.69) is 15.0 Å². The fourth-order valence-corrected chi connectivity index (χ4v) is 3.57. The summed E-state index contributed by atoms with van der Waals surface area (Å²) in [4.78, 5) is 28.2. The highest BCUT2D eigenvalue weighted by atomic mass is 35.5. The van der Waals surface area contributed by atoms with E-state index in [0.29, 0.717) is 23.1 Å². The molecule has 0 spiro atoms. The minimum Gasteiger partial charge on any atom is -0.375 e. The zero-order chi connectivity index (χ0) is 18.4. The van der Waals surface area contributed by atoms with Crippen LogP contribution in [0.5, 0.6) is 0 Å². The van der Waals surface area contributed by atoms with Gasteiger partial charge in [-0.2, -0.15) is 0 Å². The highest BCUT2D eigenvalue weighted by Crippen LogP contribution is 2.35. The van der Waals surface area contributed by atoms with Crippen LogP contribution in [0.2, 0.25) is 10.0 Å². The summed E-state index contributed by atoms with van der Waals surface area (Å²) >= 11 is 12.4. The fraction of sp³-hybridized carbons (Fsp3) is 0.278. The summed E-state index contributed by atoms with van der Waals surface area (Å²) in [5, 5.41) is 2.02. The number of hydrogen-bond acceptors (Lipinski definition) is 4. The minimum atomic E-state index is -0.171. The summed E-state index contributed by atoms with van der Waals surface area (Å²) in [6.07, 6.45) is 4.03. The Labute approximate surface area is 160 Å². The van der Waals surface area contributed by atoms with Crippen LogP contribution in [0, 0.1) is 0 Å². The number of carbonyl (C=O) groups is 1. The molecule has 0 unspecified atom stereocenters. The van der Waals surface area contributed by atoms with Gasteiger partial charge in [0.1, 0.15) is 0 Å². The van der Waals surface area contributed by atoms with Crippen molar-refractivity contribution in [3.63, 3.8) is 0 Å². The Morgan fingerprint density at radius 2 is 1.96 bits per heavy atom. The number of hydrogen-bond donors (Lipinski definition) is 1. The molecule has 26 heavy (non-hydrogen) atoms. The van der Waals surface area contributed by atoms with E-state index in [4.69, 9.17) is 23.2 Å². The Morgan fingerprint density at radius 3 is 2.65 bits per heavy atom. The van der Waals surface area contributed by atoms with Crippen molar-refractivity contribution in [3.8, 4) is 0 Å². The maximum absolute atomic E-state index is 12.8. The van der Waals surface area contributed by atoms with Crippen LogP contribution in [-0.4, -0.2) is 46.4 Å². The molecule has 0 atom stereocenters. The van der Waals surface area contributed by atoms with Crippen LogP contribution in [0.25, 0.3) is 10.9 Å². The Balaban J connectivity index is 1.63. The van der Waals surface area contributed by atoms with Crippen molar-refractivity contribution in [3.05, 3.63) is 51.7 Å². The van der Waals surface area contributed by atoms with E-state index in [1.807, 2.05) is 25.1 Å². The van der Waals surface area contributed by atoms with Gasteiger partial charge in [0.2, 0.25) is 5.82 Å². The summed E-state index contributed by atoms with van der Waals surface area (Å²) < 4.78 is 0. The van der Waals surface area contributed by atoms with Crippen molar-refractivity contribution in [1.82, 2.24) is 19.9 Å². The van der Waals surface area contributed by atoms with Gasteiger partial charge in [-0.3, -0.25) is 4.79 Å². The lowest BCUT2D eigenvalue weighted by molar-refractivity contribution is 0.0722. The van der Waals surface area contributed by atoms with Gasteiger partial charge in [-0.05, 0) is 6.07 Å². The Kier molecular flexibility index (Phi) is 4.25. The molecule has 134 valence electrons. The molecule has 1 aromatic carbocycles. The highest BCUT2D eigenvalue weighted by molar-refractivity contribution is 6.45. The number of halogens is 2. The predicted octanol–water partition coefficient (Wildman–Crippen LogP) is 3.53. The third-order valence-corrected chi connectivity index (χ3v) is 5.48. The molecule has 0 fully saturated rings. The van der Waals surface area contributed by atoms with Crippen molar-refractivity contribution < 1.29 is 4.79 Å². The zero-order valence-electron chi connectivity index (χ0n) is 14.4. The molecule has 8 heteroatoms. The van der Waals surface area contributed by atoms with Crippen LogP contribution in [-0.2, 0) is 13.0 Å². The number of carbonyl (C=O) groups excluding carboxylic acids is 1. The van der Waals surface area contributed by atoms with E-state index < -0.39 is 0 Å². The normalized spacial score (nSPS) is 13.8. The lowest BCUT2D eigenvalue weighted by Gasteiger charge is -2.26. The van der Waals surface area contributed by atoms with Gasteiger partial charge in [-0.15, -0.1) is 0 Å². The van der Waals surface area contributed by atoms with E-state index in [0.717, 1.165) is 34.3 Å². The third-order valence-electron chi connectivity index (χ3n) is 4.67. The molecule has 1 amide bonds. The minimum absolute atomic E-state index is 0.171. The van der Waals surface area contributed by atoms with Crippen LogP contribution >= 0.6 is 23.2 Å². The average Bonchev–Trinajstić information content (AvgIpc) is 3.02. The first-order valence-electron chi connectivity index (χ1n) is 8.21. The van der Waals surface area contributed by atoms with Crippen molar-refractivity contribution in [1.29, 1.82) is 0 Å². The topological polar surface area (TPSA) is 65.1 Å². The zero-order valence-corrected chi connectivity index (χ0v) is 15.9. The molecule has 0 saturated carbocycles. The summed E-state index contributed by atoms with van der Waals surface area (Å²) in [5.41, 5.74) is 3.84. The molecule has 0 aliphatic carbocycles. The summed E-state index contributed by atoms with van der Waals surface area (Å²) in [5.74, 6) is 0.0373. The quantitative estimate of drug-likeness (QED) is 0.727. The van der Waals surface area contributed by atoms with Gasteiger partial charge in [0.15, 0.2) is 0 Å². The first kappa shape index (κ1) is 17.1. The second-order valence-corrected chi connectivity index (χ2v) is 7.29. The molecule has 1 aliphatic heterocycles. The van der Waals surface area contributed by atoms with Crippen molar-refractivity contribution in [2.24, 2.45) is 0 Å². The average molecular weight is 390 g/mol. The molecule has 3 heterocycles. The molecule has 4 rings (SSSR count). The number of aromatic nitrogens is 3. The van der Waals surface area contributed by atoms with E-state index >= 15 is 0 Å². The number of anilines is 1. The van der Waals surface area contributed by atoms with Crippen molar-refractivity contribution >= 4 is 45.7 Å². The maximum atomic E-state index is 12.8. The Hall–Kier alpha value is -2.31. The smallest absolute Gasteiger partial charge is 0.291 e. The Morgan fingerprint density at radius 1 is 1.23 bits per heavy atom. The first-order chi connectivity index (χ1) is 12.5. The van der Waals surface area contributed by atoms with Crippen molar-refractivity contribution in [2.75, 3.05) is 25.5 Å². The van der Waals surface area contributed by atoms with Gasteiger partial charge >= 0.3 is 0 Å². The van der Waals surface area contributed by atoms with Crippen LogP contribution in [0.4, 0.5) is 5.69 Å². The van der Waals surface area contributed by atoms with Crippen LogP contribution in [0.1, 0.15) is 21.9 Å². The lowest BCUT2D eigenvalue weighted by Crippen LogP contribution is -2.36. The van der Waals surface area contributed by atoms with E-state index in [1.165, 1.54) is 0 Å². The van der Waals surface area contributed by atoms with E-state index in [9.17, 15) is 4.79 Å². The predicted molar refractivity (Wildman–Crippen MR) is 103 cm³/mol. The summed E-state index contributed by atoms with van der Waals surface area (Å²) in [7, 11) is 3.81. The van der Waals surface area contributed by atoms with Gasteiger partial charge in [-0.25, -0.2) is 9.97 Å². The molecular formula is C18H17Cl2N5O. The van der Waals surface area contributed by atoms with Crippen LogP contribution in [0.3, 0.4) is 0 Å². The number of fused-ring (bicyclic) bond motifs is 3. The second kappa shape index (κ2) is 6.45. The molecule has 1 aliphatic rings.